The van der Waals surface area contributed by atoms with E-state index in [0.717, 1.165) is 45.4 Å². The average molecular weight is 226 g/mol. The van der Waals surface area contributed by atoms with E-state index in [2.05, 4.69) is 10.2 Å². The van der Waals surface area contributed by atoms with Crippen LogP contribution in [-0.4, -0.2) is 49.2 Å². The van der Waals surface area contributed by atoms with Crippen LogP contribution >= 0.6 is 0 Å². The summed E-state index contributed by atoms with van der Waals surface area (Å²) in [4.78, 5) is 13.8. The molecule has 4 heteroatoms. The first-order chi connectivity index (χ1) is 7.78. The molecule has 16 heavy (non-hydrogen) atoms. The molecule has 92 valence electrons. The molecule has 1 saturated carbocycles. The summed E-state index contributed by atoms with van der Waals surface area (Å²) in [5, 5.41) is 3.03. The van der Waals surface area contributed by atoms with Crippen molar-refractivity contribution >= 4 is 5.91 Å². The maximum Gasteiger partial charge on any atom is 0.234 e. The third-order valence-electron chi connectivity index (χ3n) is 3.17. The second-order valence-corrected chi connectivity index (χ2v) is 4.80. The first-order valence-electron chi connectivity index (χ1n) is 6.41. The molecule has 1 N–H and O–H groups in total. The first-order valence-corrected chi connectivity index (χ1v) is 6.41. The second kappa shape index (κ2) is 5.64. The second-order valence-electron chi connectivity index (χ2n) is 4.80. The predicted molar refractivity (Wildman–Crippen MR) is 62.3 cm³/mol. The number of carbonyl (C=O) groups is 1. The van der Waals surface area contributed by atoms with Gasteiger partial charge >= 0.3 is 0 Å². The summed E-state index contributed by atoms with van der Waals surface area (Å²) in [6, 6.07) is 0.472. The third kappa shape index (κ3) is 3.76. The van der Waals surface area contributed by atoms with E-state index in [1.165, 1.54) is 0 Å². The molecule has 0 aromatic heterocycles. The molecule has 1 aliphatic carbocycles. The highest BCUT2D eigenvalue weighted by atomic mass is 16.5. The Morgan fingerprint density at radius 3 is 2.94 bits per heavy atom. The number of hydrogen-bond donors (Lipinski definition) is 1. The highest BCUT2D eigenvalue weighted by Crippen LogP contribution is 2.18. The van der Waals surface area contributed by atoms with Crippen molar-refractivity contribution in [1.82, 2.24) is 10.2 Å². The zero-order chi connectivity index (χ0) is 11.4. The van der Waals surface area contributed by atoms with Gasteiger partial charge in [0.1, 0.15) is 0 Å². The van der Waals surface area contributed by atoms with Crippen LogP contribution < -0.4 is 5.32 Å². The minimum atomic E-state index is 0.180. The van der Waals surface area contributed by atoms with E-state index in [0.29, 0.717) is 18.7 Å². The molecule has 0 bridgehead atoms. The standard InChI is InChI=1S/C12H22N2O2/c1-2-16-11-4-3-7-14(8-11)9-12(15)13-10-5-6-10/h10-11H,2-9H2,1H3,(H,13,15). The normalized spacial score (nSPS) is 26.7. The van der Waals surface area contributed by atoms with Gasteiger partial charge in [0.25, 0.3) is 0 Å². The molecule has 0 spiro atoms. The molecule has 0 radical (unpaired) electrons. The number of likely N-dealkylation sites (tertiary alicyclic amines) is 1. The Labute approximate surface area is 97.3 Å². The average Bonchev–Trinajstić information content (AvgIpc) is 3.02. The SMILES string of the molecule is CCOC1CCCN(CC(=O)NC2CC2)C1. The zero-order valence-electron chi connectivity index (χ0n) is 10.1. The maximum absolute atomic E-state index is 11.6. The van der Waals surface area contributed by atoms with Crippen LogP contribution in [0.5, 0.6) is 0 Å². The Hall–Kier alpha value is -0.610. The number of piperidine rings is 1. The van der Waals surface area contributed by atoms with Gasteiger partial charge in [-0.3, -0.25) is 9.69 Å². The van der Waals surface area contributed by atoms with Crippen LogP contribution in [-0.2, 0) is 9.53 Å². The molecule has 1 heterocycles. The fourth-order valence-corrected chi connectivity index (χ4v) is 2.23. The van der Waals surface area contributed by atoms with Crippen LogP contribution in [0.15, 0.2) is 0 Å². The Morgan fingerprint density at radius 2 is 2.25 bits per heavy atom. The molecule has 1 saturated heterocycles. The van der Waals surface area contributed by atoms with Crippen molar-refractivity contribution in [3.63, 3.8) is 0 Å². The smallest absolute Gasteiger partial charge is 0.234 e. The van der Waals surface area contributed by atoms with E-state index >= 15 is 0 Å². The Kier molecular flexibility index (Phi) is 4.18. The largest absolute Gasteiger partial charge is 0.377 e. The summed E-state index contributed by atoms with van der Waals surface area (Å²) < 4.78 is 5.61. The molecule has 0 aromatic rings. The van der Waals surface area contributed by atoms with Crippen molar-refractivity contribution in [1.29, 1.82) is 0 Å². The van der Waals surface area contributed by atoms with E-state index in [9.17, 15) is 4.79 Å². The highest BCUT2D eigenvalue weighted by molar-refractivity contribution is 5.78. The number of amides is 1. The summed E-state index contributed by atoms with van der Waals surface area (Å²) in [5.74, 6) is 0.180. The lowest BCUT2D eigenvalue weighted by Gasteiger charge is -2.31. The Morgan fingerprint density at radius 1 is 1.44 bits per heavy atom. The van der Waals surface area contributed by atoms with Crippen molar-refractivity contribution in [3.8, 4) is 0 Å². The molecular weight excluding hydrogens is 204 g/mol. The van der Waals surface area contributed by atoms with Crippen LogP contribution in [0, 0.1) is 0 Å². The molecule has 2 rings (SSSR count). The van der Waals surface area contributed by atoms with E-state index < -0.39 is 0 Å². The van der Waals surface area contributed by atoms with E-state index in [1.807, 2.05) is 6.92 Å². The molecular formula is C12H22N2O2. The number of hydrogen-bond acceptors (Lipinski definition) is 3. The lowest BCUT2D eigenvalue weighted by atomic mass is 10.1. The number of rotatable bonds is 5. The molecule has 2 fully saturated rings. The van der Waals surface area contributed by atoms with Crippen LogP contribution in [0.2, 0.25) is 0 Å². The molecule has 1 atom stereocenters. The van der Waals surface area contributed by atoms with Gasteiger partial charge in [0.15, 0.2) is 0 Å². The number of nitrogens with zero attached hydrogens (tertiary/aromatic N) is 1. The van der Waals surface area contributed by atoms with Crippen LogP contribution in [0.1, 0.15) is 32.6 Å². The van der Waals surface area contributed by atoms with E-state index in [-0.39, 0.29) is 5.91 Å². The number of carbonyl (C=O) groups excluding carboxylic acids is 1. The monoisotopic (exact) mass is 226 g/mol. The van der Waals surface area contributed by atoms with Gasteiger partial charge in [-0.15, -0.1) is 0 Å². The van der Waals surface area contributed by atoms with Gasteiger partial charge in [-0.2, -0.15) is 0 Å². The highest BCUT2D eigenvalue weighted by Gasteiger charge is 2.26. The molecule has 1 unspecified atom stereocenters. The molecule has 1 amide bonds. The third-order valence-corrected chi connectivity index (χ3v) is 3.17. The van der Waals surface area contributed by atoms with Gasteiger partial charge in [-0.1, -0.05) is 0 Å². The Bertz CT molecular complexity index is 239. The van der Waals surface area contributed by atoms with Gasteiger partial charge in [-0.25, -0.2) is 0 Å². The minimum Gasteiger partial charge on any atom is -0.377 e. The first kappa shape index (κ1) is 11.9. The van der Waals surface area contributed by atoms with Gasteiger partial charge in [0.05, 0.1) is 12.6 Å². The van der Waals surface area contributed by atoms with Crippen LogP contribution in [0.3, 0.4) is 0 Å². The summed E-state index contributed by atoms with van der Waals surface area (Å²) in [7, 11) is 0. The summed E-state index contributed by atoms with van der Waals surface area (Å²) in [6.45, 7) is 5.28. The summed E-state index contributed by atoms with van der Waals surface area (Å²) in [5.41, 5.74) is 0. The fourth-order valence-electron chi connectivity index (χ4n) is 2.23. The number of nitrogens with one attached hydrogen (secondary N) is 1. The predicted octanol–water partition coefficient (Wildman–Crippen LogP) is 0.766. The van der Waals surface area contributed by atoms with Crippen molar-refractivity contribution in [2.75, 3.05) is 26.2 Å². The maximum atomic E-state index is 11.6. The topological polar surface area (TPSA) is 41.6 Å². The van der Waals surface area contributed by atoms with Gasteiger partial charge < -0.3 is 10.1 Å². The van der Waals surface area contributed by atoms with Gasteiger partial charge in [0, 0.05) is 19.2 Å². The number of ether oxygens (including phenoxy) is 1. The summed E-state index contributed by atoms with van der Waals surface area (Å²) >= 11 is 0. The minimum absolute atomic E-state index is 0.180. The zero-order valence-corrected chi connectivity index (χ0v) is 10.1. The van der Waals surface area contributed by atoms with E-state index in [4.69, 9.17) is 4.74 Å². The van der Waals surface area contributed by atoms with E-state index in [1.54, 1.807) is 0 Å². The van der Waals surface area contributed by atoms with Crippen molar-refractivity contribution in [2.24, 2.45) is 0 Å². The molecule has 1 aliphatic heterocycles. The van der Waals surface area contributed by atoms with Crippen molar-refractivity contribution in [3.05, 3.63) is 0 Å². The summed E-state index contributed by atoms with van der Waals surface area (Å²) in [6.07, 6.45) is 4.92. The lowest BCUT2D eigenvalue weighted by molar-refractivity contribution is -0.123. The van der Waals surface area contributed by atoms with Crippen LogP contribution in [0.4, 0.5) is 0 Å². The van der Waals surface area contributed by atoms with Crippen molar-refractivity contribution in [2.45, 2.75) is 44.8 Å². The Balaban J connectivity index is 1.69. The van der Waals surface area contributed by atoms with Gasteiger partial charge in [0.2, 0.25) is 5.91 Å². The van der Waals surface area contributed by atoms with Crippen LogP contribution in [0.25, 0.3) is 0 Å². The molecule has 0 aromatic carbocycles. The van der Waals surface area contributed by atoms with Crippen molar-refractivity contribution < 1.29 is 9.53 Å². The quantitative estimate of drug-likeness (QED) is 0.752. The van der Waals surface area contributed by atoms with Gasteiger partial charge in [-0.05, 0) is 39.2 Å². The fraction of sp³-hybridized carbons (Fsp3) is 0.917. The molecule has 2 aliphatic rings. The molecule has 4 nitrogen and oxygen atoms in total. The lowest BCUT2D eigenvalue weighted by Crippen LogP contribution is -2.45.